The summed E-state index contributed by atoms with van der Waals surface area (Å²) in [6.07, 6.45) is 1.54. The summed E-state index contributed by atoms with van der Waals surface area (Å²) in [6, 6.07) is 0. The van der Waals surface area contributed by atoms with Gasteiger partial charge in [-0.25, -0.2) is 4.98 Å². The van der Waals surface area contributed by atoms with E-state index in [-0.39, 0.29) is 5.91 Å². The number of hydrogen-bond donors (Lipinski definition) is 1. The van der Waals surface area contributed by atoms with Gasteiger partial charge in [0.25, 0.3) is 5.91 Å². The number of amides is 1. The van der Waals surface area contributed by atoms with E-state index in [0.717, 1.165) is 5.69 Å². The van der Waals surface area contributed by atoms with Crippen molar-refractivity contribution in [1.29, 1.82) is 0 Å². The lowest BCUT2D eigenvalue weighted by atomic mass is 10.3. The van der Waals surface area contributed by atoms with Crippen molar-refractivity contribution in [2.75, 3.05) is 26.3 Å². The molecule has 2 rings (SSSR count). The van der Waals surface area contributed by atoms with Gasteiger partial charge in [0.15, 0.2) is 0 Å². The number of carbonyl (C=O) groups excluding carboxylic acids is 1. The number of morpholine rings is 1. The minimum Gasteiger partial charge on any atom is -0.378 e. The van der Waals surface area contributed by atoms with Crippen molar-refractivity contribution in [3.8, 4) is 0 Å². The molecule has 0 aliphatic carbocycles. The molecule has 14 heavy (non-hydrogen) atoms. The van der Waals surface area contributed by atoms with Gasteiger partial charge in [-0.3, -0.25) is 4.79 Å². The van der Waals surface area contributed by atoms with Gasteiger partial charge in [0.2, 0.25) is 0 Å². The predicted molar refractivity (Wildman–Crippen MR) is 50.0 cm³/mol. The first-order valence-corrected chi connectivity index (χ1v) is 4.66. The lowest BCUT2D eigenvalue weighted by Crippen LogP contribution is -2.41. The zero-order valence-electron chi connectivity index (χ0n) is 8.12. The summed E-state index contributed by atoms with van der Waals surface area (Å²) < 4.78 is 5.18. The molecule has 1 amide bonds. The van der Waals surface area contributed by atoms with Crippen LogP contribution < -0.4 is 0 Å². The molecule has 1 aliphatic rings. The van der Waals surface area contributed by atoms with Gasteiger partial charge in [0, 0.05) is 18.8 Å². The molecular formula is C9H13N3O2. The molecule has 0 saturated carbocycles. The topological polar surface area (TPSA) is 58.2 Å². The van der Waals surface area contributed by atoms with E-state index in [0.29, 0.717) is 32.0 Å². The average molecular weight is 195 g/mol. The lowest BCUT2D eigenvalue weighted by molar-refractivity contribution is 0.0299. The van der Waals surface area contributed by atoms with Crippen LogP contribution in [0.2, 0.25) is 0 Å². The van der Waals surface area contributed by atoms with Crippen molar-refractivity contribution >= 4 is 5.91 Å². The molecule has 1 fully saturated rings. The fourth-order valence-electron chi connectivity index (χ4n) is 1.49. The van der Waals surface area contributed by atoms with Crippen LogP contribution in [0.25, 0.3) is 0 Å². The van der Waals surface area contributed by atoms with E-state index in [1.165, 1.54) is 0 Å². The minimum absolute atomic E-state index is 0.00736. The highest BCUT2D eigenvalue weighted by molar-refractivity contribution is 5.93. The predicted octanol–water partition coefficient (Wildman–Crippen LogP) is 0.191. The van der Waals surface area contributed by atoms with Gasteiger partial charge in [-0.15, -0.1) is 0 Å². The molecule has 0 aromatic carbocycles. The Hall–Kier alpha value is -1.36. The summed E-state index contributed by atoms with van der Waals surface area (Å²) in [5.41, 5.74) is 1.34. The fraction of sp³-hybridized carbons (Fsp3) is 0.556. The van der Waals surface area contributed by atoms with Crippen LogP contribution in [0, 0.1) is 6.92 Å². The lowest BCUT2D eigenvalue weighted by Gasteiger charge is -2.26. The van der Waals surface area contributed by atoms with Crippen molar-refractivity contribution in [1.82, 2.24) is 14.9 Å². The Morgan fingerprint density at radius 3 is 2.86 bits per heavy atom. The third-order valence-corrected chi connectivity index (χ3v) is 2.33. The zero-order valence-corrected chi connectivity index (χ0v) is 8.12. The molecular weight excluding hydrogens is 182 g/mol. The van der Waals surface area contributed by atoms with Crippen molar-refractivity contribution in [2.24, 2.45) is 0 Å². The zero-order chi connectivity index (χ0) is 9.97. The smallest absolute Gasteiger partial charge is 0.274 e. The first kappa shape index (κ1) is 9.21. The SMILES string of the molecule is Cc1[nH]cnc1C(=O)N1CCOCC1. The number of carbonyl (C=O) groups is 1. The van der Waals surface area contributed by atoms with Gasteiger partial charge in [-0.2, -0.15) is 0 Å². The number of aryl methyl sites for hydroxylation is 1. The Morgan fingerprint density at radius 1 is 1.57 bits per heavy atom. The number of ether oxygens (including phenoxy) is 1. The van der Waals surface area contributed by atoms with Crippen LogP contribution in [0.3, 0.4) is 0 Å². The Kier molecular flexibility index (Phi) is 2.49. The van der Waals surface area contributed by atoms with E-state index in [4.69, 9.17) is 4.74 Å². The van der Waals surface area contributed by atoms with E-state index in [9.17, 15) is 4.79 Å². The maximum atomic E-state index is 11.9. The maximum Gasteiger partial charge on any atom is 0.274 e. The molecule has 1 aromatic rings. The molecule has 0 radical (unpaired) electrons. The van der Waals surface area contributed by atoms with E-state index >= 15 is 0 Å². The standard InChI is InChI=1S/C9H13N3O2/c1-7-8(11-6-10-7)9(13)12-2-4-14-5-3-12/h6H,2-5H2,1H3,(H,10,11). The number of rotatable bonds is 1. The van der Waals surface area contributed by atoms with E-state index in [1.807, 2.05) is 6.92 Å². The van der Waals surface area contributed by atoms with Crippen LogP contribution in [0.1, 0.15) is 16.2 Å². The number of hydrogen-bond acceptors (Lipinski definition) is 3. The molecule has 1 aliphatic heterocycles. The Bertz CT molecular complexity index is 329. The second-order valence-electron chi connectivity index (χ2n) is 3.28. The highest BCUT2D eigenvalue weighted by Gasteiger charge is 2.21. The van der Waals surface area contributed by atoms with Gasteiger partial charge in [-0.05, 0) is 6.92 Å². The molecule has 0 atom stereocenters. The molecule has 0 bridgehead atoms. The average Bonchev–Trinajstić information content (AvgIpc) is 2.65. The second kappa shape index (κ2) is 3.79. The van der Waals surface area contributed by atoms with Gasteiger partial charge in [-0.1, -0.05) is 0 Å². The van der Waals surface area contributed by atoms with Crippen molar-refractivity contribution < 1.29 is 9.53 Å². The van der Waals surface area contributed by atoms with Gasteiger partial charge >= 0.3 is 0 Å². The van der Waals surface area contributed by atoms with Crippen molar-refractivity contribution in [3.63, 3.8) is 0 Å². The second-order valence-corrected chi connectivity index (χ2v) is 3.28. The largest absolute Gasteiger partial charge is 0.378 e. The number of imidazole rings is 1. The van der Waals surface area contributed by atoms with Crippen LogP contribution in [-0.4, -0.2) is 47.1 Å². The summed E-state index contributed by atoms with van der Waals surface area (Å²) in [4.78, 5) is 20.5. The Balaban J connectivity index is 2.11. The highest BCUT2D eigenvalue weighted by atomic mass is 16.5. The summed E-state index contributed by atoms with van der Waals surface area (Å²) in [5, 5.41) is 0. The Morgan fingerprint density at radius 2 is 2.29 bits per heavy atom. The molecule has 76 valence electrons. The molecule has 1 N–H and O–H groups in total. The molecule has 1 aromatic heterocycles. The van der Waals surface area contributed by atoms with Gasteiger partial charge in [0.1, 0.15) is 5.69 Å². The molecule has 1 saturated heterocycles. The first-order valence-electron chi connectivity index (χ1n) is 4.66. The molecule has 5 nitrogen and oxygen atoms in total. The van der Waals surface area contributed by atoms with Crippen LogP contribution in [0.4, 0.5) is 0 Å². The van der Waals surface area contributed by atoms with Crippen LogP contribution in [0.5, 0.6) is 0 Å². The number of H-pyrrole nitrogens is 1. The molecule has 2 heterocycles. The molecule has 0 unspecified atom stereocenters. The molecule has 0 spiro atoms. The van der Waals surface area contributed by atoms with E-state index < -0.39 is 0 Å². The van der Waals surface area contributed by atoms with E-state index in [2.05, 4.69) is 9.97 Å². The first-order chi connectivity index (χ1) is 6.79. The fourth-order valence-corrected chi connectivity index (χ4v) is 1.49. The summed E-state index contributed by atoms with van der Waals surface area (Å²) in [6.45, 7) is 4.40. The highest BCUT2D eigenvalue weighted by Crippen LogP contribution is 2.07. The number of nitrogens with one attached hydrogen (secondary N) is 1. The maximum absolute atomic E-state index is 11.9. The normalized spacial score (nSPS) is 17.1. The summed E-state index contributed by atoms with van der Waals surface area (Å²) in [7, 11) is 0. The number of nitrogens with zero attached hydrogens (tertiary/aromatic N) is 2. The van der Waals surface area contributed by atoms with E-state index in [1.54, 1.807) is 11.2 Å². The quantitative estimate of drug-likeness (QED) is 0.696. The van der Waals surface area contributed by atoms with Gasteiger partial charge in [0.05, 0.1) is 19.5 Å². The minimum atomic E-state index is -0.00736. The number of aromatic amines is 1. The van der Waals surface area contributed by atoms with Gasteiger partial charge < -0.3 is 14.6 Å². The van der Waals surface area contributed by atoms with Crippen LogP contribution in [0.15, 0.2) is 6.33 Å². The van der Waals surface area contributed by atoms with Crippen LogP contribution in [-0.2, 0) is 4.74 Å². The third kappa shape index (κ3) is 1.63. The number of aromatic nitrogens is 2. The monoisotopic (exact) mass is 195 g/mol. The van der Waals surface area contributed by atoms with Crippen molar-refractivity contribution in [2.45, 2.75) is 6.92 Å². The third-order valence-electron chi connectivity index (χ3n) is 2.33. The van der Waals surface area contributed by atoms with Crippen LogP contribution >= 0.6 is 0 Å². The van der Waals surface area contributed by atoms with Crippen molar-refractivity contribution in [3.05, 3.63) is 17.7 Å². The molecule has 5 heteroatoms. The summed E-state index contributed by atoms with van der Waals surface area (Å²) >= 11 is 0. The summed E-state index contributed by atoms with van der Waals surface area (Å²) in [5.74, 6) is -0.00736. The Labute approximate surface area is 82.1 Å².